The number of nitro benzene ring substituents is 1. The number of halogens is 1. The summed E-state index contributed by atoms with van der Waals surface area (Å²) in [4.78, 5) is 9.25. The van der Waals surface area contributed by atoms with Crippen LogP contribution in [0.25, 0.3) is 0 Å². The molecule has 0 spiro atoms. The highest BCUT2D eigenvalue weighted by atomic mass is 35.7. The fourth-order valence-corrected chi connectivity index (χ4v) is 2.27. The molecule has 1 rings (SSSR count). The van der Waals surface area contributed by atoms with Crippen molar-refractivity contribution in [3.8, 4) is 6.07 Å². The molecule has 0 saturated carbocycles. The average Bonchev–Trinajstić information content (AvgIpc) is 2.25. The van der Waals surface area contributed by atoms with Gasteiger partial charge in [0.1, 0.15) is 16.5 Å². The molecule has 2 N–H and O–H groups in total. The van der Waals surface area contributed by atoms with E-state index in [2.05, 4.69) is 0 Å². The third-order valence-corrected chi connectivity index (χ3v) is 3.29. The van der Waals surface area contributed by atoms with Crippen LogP contribution in [0.2, 0.25) is 0 Å². The number of nitro groups is 1. The molecule has 0 aliphatic rings. The van der Waals surface area contributed by atoms with Crippen molar-refractivity contribution in [1.29, 1.82) is 5.26 Å². The Morgan fingerprint density at radius 1 is 1.53 bits per heavy atom. The quantitative estimate of drug-likeness (QED) is 0.495. The highest BCUT2D eigenvalue weighted by Crippen LogP contribution is 2.29. The molecule has 0 aliphatic carbocycles. The summed E-state index contributed by atoms with van der Waals surface area (Å²) in [7, 11) is 0.861. The van der Waals surface area contributed by atoms with Crippen molar-refractivity contribution < 1.29 is 13.3 Å². The van der Waals surface area contributed by atoms with Gasteiger partial charge in [0.15, 0.2) is 0 Å². The first-order valence-corrected chi connectivity index (χ1v) is 6.48. The van der Waals surface area contributed by atoms with Gasteiger partial charge in [0.25, 0.3) is 14.7 Å². The van der Waals surface area contributed by atoms with Crippen molar-refractivity contribution in [3.63, 3.8) is 0 Å². The number of rotatable bonds is 3. The second-order valence-corrected chi connectivity index (χ2v) is 5.53. The molecular weight excluding hydrogens is 270 g/mol. The normalized spacial score (nSPS) is 10.9. The van der Waals surface area contributed by atoms with E-state index in [0.29, 0.717) is 0 Å². The monoisotopic (exact) mass is 275 g/mol. The first-order chi connectivity index (χ1) is 7.81. The molecule has 0 atom stereocenters. The Morgan fingerprint density at radius 3 is 2.47 bits per heavy atom. The molecule has 0 aromatic heterocycles. The lowest BCUT2D eigenvalue weighted by Gasteiger charge is -2.04. The zero-order valence-electron chi connectivity index (χ0n) is 8.25. The molecule has 9 heteroatoms. The third-order valence-electron chi connectivity index (χ3n) is 1.95. The van der Waals surface area contributed by atoms with Gasteiger partial charge < -0.3 is 5.73 Å². The van der Waals surface area contributed by atoms with Crippen LogP contribution in [-0.4, -0.2) is 13.3 Å². The predicted molar refractivity (Wildman–Crippen MR) is 58.7 cm³/mol. The number of nitrogens with two attached hydrogens (primary N) is 1. The Kier molecular flexibility index (Phi) is 3.67. The minimum absolute atomic E-state index is 0.105. The lowest BCUT2D eigenvalue weighted by molar-refractivity contribution is -0.385. The van der Waals surface area contributed by atoms with Crippen LogP contribution in [0, 0.1) is 21.4 Å². The predicted octanol–water partition coefficient (Wildman–Crippen LogP) is 0.853. The Bertz CT molecular complexity index is 620. The van der Waals surface area contributed by atoms with Crippen LogP contribution in [0.15, 0.2) is 17.0 Å². The number of benzene rings is 1. The summed E-state index contributed by atoms with van der Waals surface area (Å²) in [6.07, 6.45) is 0. The molecule has 0 unspecified atom stereocenters. The van der Waals surface area contributed by atoms with Crippen LogP contribution in [-0.2, 0) is 15.6 Å². The molecule has 0 fully saturated rings. The molecule has 0 heterocycles. The average molecular weight is 276 g/mol. The summed E-state index contributed by atoms with van der Waals surface area (Å²) in [5.41, 5.74) is 4.26. The molecule has 1 aromatic carbocycles. The van der Waals surface area contributed by atoms with Gasteiger partial charge in [-0.25, -0.2) is 8.42 Å². The van der Waals surface area contributed by atoms with E-state index in [1.165, 1.54) is 6.07 Å². The number of nitrogens with zero attached hydrogens (tertiary/aromatic N) is 2. The van der Waals surface area contributed by atoms with Crippen LogP contribution >= 0.6 is 10.7 Å². The van der Waals surface area contributed by atoms with E-state index >= 15 is 0 Å². The van der Waals surface area contributed by atoms with Gasteiger partial charge in [-0.1, -0.05) is 0 Å². The van der Waals surface area contributed by atoms with Gasteiger partial charge in [0.2, 0.25) is 0 Å². The Labute approximate surface area is 101 Å². The van der Waals surface area contributed by atoms with Crippen molar-refractivity contribution in [3.05, 3.63) is 33.4 Å². The summed E-state index contributed by atoms with van der Waals surface area (Å²) in [5.74, 6) is 0. The summed E-state index contributed by atoms with van der Waals surface area (Å²) >= 11 is 0. The fraction of sp³-hybridized carbons (Fsp3) is 0.125. The van der Waals surface area contributed by atoms with E-state index in [9.17, 15) is 18.5 Å². The minimum atomic E-state index is -4.24. The van der Waals surface area contributed by atoms with Crippen molar-refractivity contribution in [1.82, 2.24) is 0 Å². The zero-order chi connectivity index (χ0) is 13.2. The van der Waals surface area contributed by atoms with Gasteiger partial charge in [-0.2, -0.15) is 5.26 Å². The van der Waals surface area contributed by atoms with Gasteiger partial charge in [-0.05, 0) is 11.6 Å². The van der Waals surface area contributed by atoms with E-state index in [0.717, 1.165) is 12.1 Å². The van der Waals surface area contributed by atoms with Gasteiger partial charge in [-0.3, -0.25) is 10.1 Å². The minimum Gasteiger partial charge on any atom is -0.326 e. The summed E-state index contributed by atoms with van der Waals surface area (Å²) in [6, 6.07) is 3.55. The van der Waals surface area contributed by atoms with E-state index in [1.807, 2.05) is 0 Å². The van der Waals surface area contributed by atoms with E-state index in [-0.39, 0.29) is 12.1 Å². The molecule has 0 amide bonds. The van der Waals surface area contributed by atoms with Gasteiger partial charge in [0.05, 0.1) is 4.92 Å². The molecule has 1 aromatic rings. The van der Waals surface area contributed by atoms with Gasteiger partial charge >= 0.3 is 0 Å². The molecule has 17 heavy (non-hydrogen) atoms. The van der Waals surface area contributed by atoms with Gasteiger partial charge in [-0.15, -0.1) is 0 Å². The maximum atomic E-state index is 11.2. The van der Waals surface area contributed by atoms with Crippen LogP contribution in [0.3, 0.4) is 0 Å². The van der Waals surface area contributed by atoms with E-state index < -0.39 is 30.1 Å². The van der Waals surface area contributed by atoms with E-state index in [1.54, 1.807) is 0 Å². The SMILES string of the molecule is N#Cc1c([N+](=O)[O-])cc(CN)cc1S(=O)(=O)Cl. The Hall–Kier alpha value is -1.69. The van der Waals surface area contributed by atoms with Crippen molar-refractivity contribution in [2.75, 3.05) is 0 Å². The molecule has 0 aliphatic heterocycles. The number of hydrogen-bond acceptors (Lipinski definition) is 6. The summed E-state index contributed by atoms with van der Waals surface area (Å²) in [6.45, 7) is -0.105. The molecule has 0 bridgehead atoms. The van der Waals surface area contributed by atoms with Crippen LogP contribution in [0.4, 0.5) is 5.69 Å². The third kappa shape index (κ3) is 2.71. The molecule has 0 saturated heterocycles. The molecule has 90 valence electrons. The molecular formula is C8H6ClN3O4S. The zero-order valence-corrected chi connectivity index (χ0v) is 9.83. The van der Waals surface area contributed by atoms with Crippen molar-refractivity contribution in [2.24, 2.45) is 5.73 Å². The summed E-state index contributed by atoms with van der Waals surface area (Å²) < 4.78 is 22.4. The summed E-state index contributed by atoms with van der Waals surface area (Å²) in [5, 5.41) is 19.5. The largest absolute Gasteiger partial charge is 0.326 e. The standard InChI is InChI=1S/C8H6ClN3O4S/c9-17(15,16)8-2-5(3-10)1-7(12(13)14)6(8)4-11/h1-2H,3,10H2. The highest BCUT2D eigenvalue weighted by Gasteiger charge is 2.25. The smallest absolute Gasteiger partial charge is 0.288 e. The Morgan fingerprint density at radius 2 is 2.12 bits per heavy atom. The van der Waals surface area contributed by atoms with Crippen LogP contribution < -0.4 is 5.73 Å². The Balaban J connectivity index is 3.77. The molecule has 0 radical (unpaired) electrons. The topological polar surface area (TPSA) is 127 Å². The van der Waals surface area contributed by atoms with Crippen LogP contribution in [0.5, 0.6) is 0 Å². The van der Waals surface area contributed by atoms with Crippen LogP contribution in [0.1, 0.15) is 11.1 Å². The maximum Gasteiger partial charge on any atom is 0.288 e. The second kappa shape index (κ2) is 4.67. The van der Waals surface area contributed by atoms with E-state index in [4.69, 9.17) is 21.7 Å². The highest BCUT2D eigenvalue weighted by molar-refractivity contribution is 8.13. The first-order valence-electron chi connectivity index (χ1n) is 4.17. The number of nitriles is 1. The maximum absolute atomic E-state index is 11.2. The lowest BCUT2D eigenvalue weighted by Crippen LogP contribution is -2.05. The van der Waals surface area contributed by atoms with Crippen molar-refractivity contribution >= 4 is 25.4 Å². The second-order valence-electron chi connectivity index (χ2n) is 3.00. The number of hydrogen-bond donors (Lipinski definition) is 1. The van der Waals surface area contributed by atoms with Gasteiger partial charge in [0, 0.05) is 23.3 Å². The first kappa shape index (κ1) is 13.4. The molecule has 7 nitrogen and oxygen atoms in total. The lowest BCUT2D eigenvalue weighted by atomic mass is 10.1. The fourth-order valence-electron chi connectivity index (χ4n) is 1.22. The van der Waals surface area contributed by atoms with Crippen molar-refractivity contribution in [2.45, 2.75) is 11.4 Å².